The van der Waals surface area contributed by atoms with Crippen molar-refractivity contribution in [2.45, 2.75) is 6.42 Å². The number of ether oxygens (including phenoxy) is 1. The van der Waals surface area contributed by atoms with Crippen LogP contribution in [0, 0.1) is 0 Å². The van der Waals surface area contributed by atoms with Gasteiger partial charge in [-0.2, -0.15) is 0 Å². The molecule has 0 unspecified atom stereocenters. The van der Waals surface area contributed by atoms with Gasteiger partial charge < -0.3 is 9.64 Å². The molecular weight excluding hydrogens is 302 g/mol. The zero-order chi connectivity index (χ0) is 16.8. The Morgan fingerprint density at radius 1 is 1.12 bits per heavy atom. The second kappa shape index (κ2) is 7.93. The number of hydrogen-bond acceptors (Lipinski definition) is 5. The summed E-state index contributed by atoms with van der Waals surface area (Å²) in [6.45, 7) is 5.02. The largest absolute Gasteiger partial charge is 0.465 e. The Hall–Kier alpha value is -2.40. The van der Waals surface area contributed by atoms with Gasteiger partial charge in [0.05, 0.1) is 24.6 Å². The Kier molecular flexibility index (Phi) is 5.43. The second-order valence-corrected chi connectivity index (χ2v) is 5.99. The van der Waals surface area contributed by atoms with Crippen molar-refractivity contribution < 1.29 is 9.53 Å². The molecule has 1 aliphatic rings. The first-order valence-electron chi connectivity index (χ1n) is 8.31. The quantitative estimate of drug-likeness (QED) is 0.789. The van der Waals surface area contributed by atoms with Crippen LogP contribution in [0.3, 0.4) is 0 Å². The highest BCUT2D eigenvalue weighted by atomic mass is 16.5. The summed E-state index contributed by atoms with van der Waals surface area (Å²) in [5.74, 6) is -0.342. The number of pyridine rings is 1. The first-order chi connectivity index (χ1) is 11.8. The molecule has 0 bridgehead atoms. The van der Waals surface area contributed by atoms with Crippen LogP contribution in [0.2, 0.25) is 0 Å². The standard InChI is InChI=1S/C19H23N3O2/c1-24-19(23)17-13-18(15-20-14-17)22-11-9-21(10-12-22)8-7-16-5-3-2-4-6-16/h2-6,13-15H,7-12H2,1H3. The summed E-state index contributed by atoms with van der Waals surface area (Å²) < 4.78 is 4.76. The predicted molar refractivity (Wildman–Crippen MR) is 94.4 cm³/mol. The van der Waals surface area contributed by atoms with Crippen molar-refractivity contribution in [3.05, 3.63) is 59.9 Å². The Labute approximate surface area is 142 Å². The fourth-order valence-electron chi connectivity index (χ4n) is 2.99. The molecule has 1 saturated heterocycles. The number of hydrogen-bond donors (Lipinski definition) is 0. The third-order valence-electron chi connectivity index (χ3n) is 4.44. The van der Waals surface area contributed by atoms with Gasteiger partial charge in [-0.05, 0) is 18.1 Å². The van der Waals surface area contributed by atoms with E-state index in [9.17, 15) is 4.79 Å². The topological polar surface area (TPSA) is 45.7 Å². The zero-order valence-corrected chi connectivity index (χ0v) is 14.0. The summed E-state index contributed by atoms with van der Waals surface area (Å²) in [6, 6.07) is 12.5. The number of carbonyl (C=O) groups excluding carboxylic acids is 1. The van der Waals surface area contributed by atoms with E-state index in [1.807, 2.05) is 12.3 Å². The van der Waals surface area contributed by atoms with Crippen LogP contribution in [0.15, 0.2) is 48.8 Å². The summed E-state index contributed by atoms with van der Waals surface area (Å²) in [5, 5.41) is 0. The number of piperazine rings is 1. The van der Waals surface area contributed by atoms with Crippen molar-refractivity contribution in [3.63, 3.8) is 0 Å². The number of carbonyl (C=O) groups is 1. The molecule has 1 fully saturated rings. The summed E-state index contributed by atoms with van der Waals surface area (Å²) >= 11 is 0. The van der Waals surface area contributed by atoms with Crippen molar-refractivity contribution in [2.75, 3.05) is 44.7 Å². The van der Waals surface area contributed by atoms with E-state index in [1.54, 1.807) is 6.20 Å². The third kappa shape index (κ3) is 4.11. The molecule has 0 saturated carbocycles. The van der Waals surface area contributed by atoms with Gasteiger partial charge in [-0.15, -0.1) is 0 Å². The Bertz CT molecular complexity index is 667. The maximum atomic E-state index is 11.6. The van der Waals surface area contributed by atoms with Crippen molar-refractivity contribution >= 4 is 11.7 Å². The average molecular weight is 325 g/mol. The molecule has 1 aromatic carbocycles. The number of esters is 1. The van der Waals surface area contributed by atoms with E-state index in [0.717, 1.165) is 44.8 Å². The van der Waals surface area contributed by atoms with Crippen LogP contribution in [0.5, 0.6) is 0 Å². The van der Waals surface area contributed by atoms with Gasteiger partial charge in [0.2, 0.25) is 0 Å². The monoisotopic (exact) mass is 325 g/mol. The van der Waals surface area contributed by atoms with Crippen LogP contribution in [-0.4, -0.2) is 55.7 Å². The Balaban J connectivity index is 1.52. The van der Waals surface area contributed by atoms with Crippen LogP contribution < -0.4 is 4.90 Å². The van der Waals surface area contributed by atoms with Crippen molar-refractivity contribution in [2.24, 2.45) is 0 Å². The van der Waals surface area contributed by atoms with Crippen LogP contribution in [0.4, 0.5) is 5.69 Å². The predicted octanol–water partition coefficient (Wildman–Crippen LogP) is 2.23. The molecule has 0 N–H and O–H groups in total. The molecule has 3 rings (SSSR count). The molecular formula is C19H23N3O2. The number of anilines is 1. The fourth-order valence-corrected chi connectivity index (χ4v) is 2.99. The summed E-state index contributed by atoms with van der Waals surface area (Å²) in [5.41, 5.74) is 2.87. The molecule has 5 heteroatoms. The van der Waals surface area contributed by atoms with E-state index in [0.29, 0.717) is 5.56 Å². The van der Waals surface area contributed by atoms with Crippen LogP contribution >= 0.6 is 0 Å². The summed E-state index contributed by atoms with van der Waals surface area (Å²) in [7, 11) is 1.39. The molecule has 1 aromatic heterocycles. The van der Waals surface area contributed by atoms with Gasteiger partial charge in [0.25, 0.3) is 0 Å². The summed E-state index contributed by atoms with van der Waals surface area (Å²) in [4.78, 5) is 20.6. The molecule has 0 atom stereocenters. The molecule has 5 nitrogen and oxygen atoms in total. The van der Waals surface area contributed by atoms with Gasteiger partial charge in [-0.3, -0.25) is 9.88 Å². The highest BCUT2D eigenvalue weighted by Crippen LogP contribution is 2.17. The highest BCUT2D eigenvalue weighted by Gasteiger charge is 2.18. The van der Waals surface area contributed by atoms with Gasteiger partial charge in [-0.1, -0.05) is 30.3 Å². The number of benzene rings is 1. The Morgan fingerprint density at radius 2 is 1.88 bits per heavy atom. The van der Waals surface area contributed by atoms with E-state index < -0.39 is 0 Å². The average Bonchev–Trinajstić information content (AvgIpc) is 2.67. The number of methoxy groups -OCH3 is 1. The number of aromatic nitrogens is 1. The number of nitrogens with zero attached hydrogens (tertiary/aromatic N) is 3. The Morgan fingerprint density at radius 3 is 2.58 bits per heavy atom. The highest BCUT2D eigenvalue weighted by molar-refractivity contribution is 5.90. The minimum Gasteiger partial charge on any atom is -0.465 e. The van der Waals surface area contributed by atoms with E-state index in [1.165, 1.54) is 12.7 Å². The van der Waals surface area contributed by atoms with E-state index in [4.69, 9.17) is 4.74 Å². The van der Waals surface area contributed by atoms with Crippen LogP contribution in [-0.2, 0) is 11.2 Å². The van der Waals surface area contributed by atoms with Gasteiger partial charge in [0, 0.05) is 38.9 Å². The molecule has 0 spiro atoms. The number of rotatable bonds is 5. The van der Waals surface area contributed by atoms with Crippen LogP contribution in [0.1, 0.15) is 15.9 Å². The SMILES string of the molecule is COC(=O)c1cncc(N2CCN(CCc3ccccc3)CC2)c1. The lowest BCUT2D eigenvalue weighted by molar-refractivity contribution is 0.0600. The molecule has 1 aliphatic heterocycles. The van der Waals surface area contributed by atoms with Crippen LogP contribution in [0.25, 0.3) is 0 Å². The molecule has 0 amide bonds. The maximum Gasteiger partial charge on any atom is 0.339 e. The maximum absolute atomic E-state index is 11.6. The smallest absolute Gasteiger partial charge is 0.339 e. The van der Waals surface area contributed by atoms with Gasteiger partial charge >= 0.3 is 5.97 Å². The minimum atomic E-state index is -0.342. The zero-order valence-electron chi connectivity index (χ0n) is 14.0. The lowest BCUT2D eigenvalue weighted by Crippen LogP contribution is -2.47. The van der Waals surface area contributed by atoms with Gasteiger partial charge in [0.1, 0.15) is 0 Å². The van der Waals surface area contributed by atoms with E-state index >= 15 is 0 Å². The first-order valence-corrected chi connectivity index (χ1v) is 8.31. The molecule has 0 radical (unpaired) electrons. The normalized spacial score (nSPS) is 15.3. The summed E-state index contributed by atoms with van der Waals surface area (Å²) in [6.07, 6.45) is 4.44. The molecule has 24 heavy (non-hydrogen) atoms. The minimum absolute atomic E-state index is 0.342. The van der Waals surface area contributed by atoms with Crippen molar-refractivity contribution in [3.8, 4) is 0 Å². The molecule has 2 aromatic rings. The van der Waals surface area contributed by atoms with Crippen molar-refractivity contribution in [1.82, 2.24) is 9.88 Å². The lowest BCUT2D eigenvalue weighted by atomic mass is 10.1. The van der Waals surface area contributed by atoms with Crippen molar-refractivity contribution in [1.29, 1.82) is 0 Å². The van der Waals surface area contributed by atoms with E-state index in [-0.39, 0.29) is 5.97 Å². The fraction of sp³-hybridized carbons (Fsp3) is 0.368. The molecule has 2 heterocycles. The molecule has 126 valence electrons. The first kappa shape index (κ1) is 16.5. The third-order valence-corrected chi connectivity index (χ3v) is 4.44. The second-order valence-electron chi connectivity index (χ2n) is 5.99. The van der Waals surface area contributed by atoms with E-state index in [2.05, 4.69) is 45.1 Å². The van der Waals surface area contributed by atoms with Gasteiger partial charge in [-0.25, -0.2) is 4.79 Å². The molecule has 0 aliphatic carbocycles. The lowest BCUT2D eigenvalue weighted by Gasteiger charge is -2.36. The van der Waals surface area contributed by atoms with Gasteiger partial charge in [0.15, 0.2) is 0 Å².